The summed E-state index contributed by atoms with van der Waals surface area (Å²) in [6, 6.07) is 9.92. The Hall–Kier alpha value is -1.85. The van der Waals surface area contributed by atoms with E-state index in [-0.39, 0.29) is 5.56 Å². The molecule has 3 N–H and O–H groups in total. The van der Waals surface area contributed by atoms with Gasteiger partial charge in [0.15, 0.2) is 17.5 Å². The largest absolute Gasteiger partial charge is 0.387 e. The molecule has 0 heterocycles. The number of benzene rings is 2. The van der Waals surface area contributed by atoms with Crippen LogP contribution in [-0.2, 0) is 6.42 Å². The number of halogens is 3. The molecule has 0 aliphatic heterocycles. The standard InChI is InChI=1S/C15H14F3NO/c16-11-7-10(8-12(17)14(11)18)15(20)13(19)6-9-4-2-1-3-5-9/h1-5,7-8,13,15,20H,6,19H2. The fraction of sp³-hybridized carbons (Fsp3) is 0.200. The zero-order valence-electron chi connectivity index (χ0n) is 10.6. The quantitative estimate of drug-likeness (QED) is 0.846. The van der Waals surface area contributed by atoms with Crippen LogP contribution in [0.3, 0.4) is 0 Å². The summed E-state index contributed by atoms with van der Waals surface area (Å²) < 4.78 is 39.1. The normalized spacial score (nSPS) is 14.1. The molecule has 0 saturated heterocycles. The smallest absolute Gasteiger partial charge is 0.194 e. The second-order valence-electron chi connectivity index (χ2n) is 4.60. The van der Waals surface area contributed by atoms with Gasteiger partial charge in [-0.15, -0.1) is 0 Å². The third-order valence-corrected chi connectivity index (χ3v) is 3.07. The van der Waals surface area contributed by atoms with E-state index in [0.717, 1.165) is 17.7 Å². The lowest BCUT2D eigenvalue weighted by Gasteiger charge is -2.19. The molecule has 0 saturated carbocycles. The van der Waals surface area contributed by atoms with Gasteiger partial charge in [-0.2, -0.15) is 0 Å². The maximum Gasteiger partial charge on any atom is 0.194 e. The van der Waals surface area contributed by atoms with Crippen molar-refractivity contribution in [3.8, 4) is 0 Å². The van der Waals surface area contributed by atoms with Crippen LogP contribution in [0.5, 0.6) is 0 Å². The third-order valence-electron chi connectivity index (χ3n) is 3.07. The van der Waals surface area contributed by atoms with Crippen molar-refractivity contribution in [3.63, 3.8) is 0 Å². The van der Waals surface area contributed by atoms with Crippen LogP contribution in [0.2, 0.25) is 0 Å². The lowest BCUT2D eigenvalue weighted by molar-refractivity contribution is 0.145. The van der Waals surface area contributed by atoms with Gasteiger partial charge in [0.25, 0.3) is 0 Å². The molecule has 0 amide bonds. The Morgan fingerprint density at radius 3 is 2.10 bits per heavy atom. The number of aliphatic hydroxyl groups is 1. The molecule has 2 nitrogen and oxygen atoms in total. The predicted molar refractivity (Wildman–Crippen MR) is 69.4 cm³/mol. The Morgan fingerprint density at radius 1 is 1.00 bits per heavy atom. The second kappa shape index (κ2) is 6.07. The molecule has 0 aromatic heterocycles. The van der Waals surface area contributed by atoms with E-state index in [1.165, 1.54) is 0 Å². The lowest BCUT2D eigenvalue weighted by atomic mass is 9.96. The van der Waals surface area contributed by atoms with Crippen LogP contribution < -0.4 is 5.73 Å². The summed E-state index contributed by atoms with van der Waals surface area (Å²) >= 11 is 0. The van der Waals surface area contributed by atoms with E-state index in [1.807, 2.05) is 30.3 Å². The van der Waals surface area contributed by atoms with Crippen LogP contribution in [0.1, 0.15) is 17.2 Å². The highest BCUT2D eigenvalue weighted by Gasteiger charge is 2.21. The molecule has 2 unspecified atom stereocenters. The molecule has 2 aromatic carbocycles. The molecule has 2 aromatic rings. The van der Waals surface area contributed by atoms with E-state index in [2.05, 4.69) is 0 Å². The van der Waals surface area contributed by atoms with Crippen LogP contribution >= 0.6 is 0 Å². The number of hydrogen-bond donors (Lipinski definition) is 2. The van der Waals surface area contributed by atoms with Gasteiger partial charge in [-0.25, -0.2) is 13.2 Å². The van der Waals surface area contributed by atoms with Crippen molar-refractivity contribution in [1.82, 2.24) is 0 Å². The molecule has 0 spiro atoms. The summed E-state index contributed by atoms with van der Waals surface area (Å²) in [5, 5.41) is 10.0. The maximum atomic E-state index is 13.1. The van der Waals surface area contributed by atoms with E-state index < -0.39 is 29.6 Å². The number of hydrogen-bond acceptors (Lipinski definition) is 2. The van der Waals surface area contributed by atoms with Gasteiger partial charge in [0, 0.05) is 6.04 Å². The fourth-order valence-electron chi connectivity index (χ4n) is 1.99. The Kier molecular flexibility index (Phi) is 4.42. The van der Waals surface area contributed by atoms with E-state index in [4.69, 9.17) is 5.73 Å². The summed E-state index contributed by atoms with van der Waals surface area (Å²) in [6.07, 6.45) is -0.942. The van der Waals surface area contributed by atoms with Crippen LogP contribution in [0.25, 0.3) is 0 Å². The highest BCUT2D eigenvalue weighted by atomic mass is 19.2. The number of aliphatic hydroxyl groups excluding tert-OH is 1. The first kappa shape index (κ1) is 14.6. The van der Waals surface area contributed by atoms with Gasteiger partial charge in [0.1, 0.15) is 0 Å². The van der Waals surface area contributed by atoms with Gasteiger partial charge in [-0.3, -0.25) is 0 Å². The SMILES string of the molecule is NC(Cc1ccccc1)C(O)c1cc(F)c(F)c(F)c1. The zero-order valence-corrected chi connectivity index (χ0v) is 10.6. The molecule has 2 atom stereocenters. The van der Waals surface area contributed by atoms with Gasteiger partial charge in [0.2, 0.25) is 0 Å². The van der Waals surface area contributed by atoms with Crippen molar-refractivity contribution in [3.05, 3.63) is 71.0 Å². The first-order valence-electron chi connectivity index (χ1n) is 6.11. The van der Waals surface area contributed by atoms with E-state index >= 15 is 0 Å². The molecule has 0 aliphatic rings. The lowest BCUT2D eigenvalue weighted by Crippen LogP contribution is -2.30. The van der Waals surface area contributed by atoms with Crippen molar-refractivity contribution in [2.75, 3.05) is 0 Å². The van der Waals surface area contributed by atoms with E-state index in [0.29, 0.717) is 6.42 Å². The Bertz CT molecular complexity index is 566. The minimum atomic E-state index is -1.56. The molecule has 5 heteroatoms. The van der Waals surface area contributed by atoms with Gasteiger partial charge in [-0.05, 0) is 29.7 Å². The van der Waals surface area contributed by atoms with Crippen molar-refractivity contribution < 1.29 is 18.3 Å². The van der Waals surface area contributed by atoms with Gasteiger partial charge < -0.3 is 10.8 Å². The average molecular weight is 281 g/mol. The molecule has 20 heavy (non-hydrogen) atoms. The third kappa shape index (κ3) is 3.18. The van der Waals surface area contributed by atoms with Crippen molar-refractivity contribution in [1.29, 1.82) is 0 Å². The molecule has 2 rings (SSSR count). The number of nitrogens with two attached hydrogens (primary N) is 1. The molecule has 0 radical (unpaired) electrons. The minimum Gasteiger partial charge on any atom is -0.387 e. The predicted octanol–water partition coefficient (Wildman–Crippen LogP) is 2.71. The fourth-order valence-corrected chi connectivity index (χ4v) is 1.99. The molecule has 0 bridgehead atoms. The van der Waals surface area contributed by atoms with Crippen LogP contribution in [-0.4, -0.2) is 11.1 Å². The summed E-state index contributed by atoms with van der Waals surface area (Å²) in [5.41, 5.74) is 6.64. The van der Waals surface area contributed by atoms with E-state index in [1.54, 1.807) is 0 Å². The Morgan fingerprint density at radius 2 is 1.55 bits per heavy atom. The topological polar surface area (TPSA) is 46.2 Å². The molecule has 0 fully saturated rings. The van der Waals surface area contributed by atoms with Crippen LogP contribution in [0.15, 0.2) is 42.5 Å². The highest BCUT2D eigenvalue weighted by Crippen LogP contribution is 2.22. The van der Waals surface area contributed by atoms with Gasteiger partial charge in [-0.1, -0.05) is 30.3 Å². The van der Waals surface area contributed by atoms with Crippen molar-refractivity contribution in [2.24, 2.45) is 5.73 Å². The zero-order chi connectivity index (χ0) is 14.7. The summed E-state index contributed by atoms with van der Waals surface area (Å²) in [6.45, 7) is 0. The first-order chi connectivity index (χ1) is 9.49. The Balaban J connectivity index is 2.16. The van der Waals surface area contributed by atoms with E-state index in [9.17, 15) is 18.3 Å². The van der Waals surface area contributed by atoms with Crippen molar-refractivity contribution >= 4 is 0 Å². The van der Waals surface area contributed by atoms with Crippen LogP contribution in [0, 0.1) is 17.5 Å². The molecule has 106 valence electrons. The summed E-state index contributed by atoms with van der Waals surface area (Å²) in [4.78, 5) is 0. The summed E-state index contributed by atoms with van der Waals surface area (Å²) in [7, 11) is 0. The first-order valence-corrected chi connectivity index (χ1v) is 6.11. The minimum absolute atomic E-state index is 0.0789. The molecular weight excluding hydrogens is 267 g/mol. The molecular formula is C15H14F3NO. The maximum absolute atomic E-state index is 13.1. The molecule has 0 aliphatic carbocycles. The summed E-state index contributed by atoms with van der Waals surface area (Å²) in [5.74, 6) is -4.24. The van der Waals surface area contributed by atoms with Gasteiger partial charge in [0.05, 0.1) is 6.10 Å². The monoisotopic (exact) mass is 281 g/mol. The van der Waals surface area contributed by atoms with Crippen molar-refractivity contribution in [2.45, 2.75) is 18.6 Å². The second-order valence-corrected chi connectivity index (χ2v) is 4.60. The average Bonchev–Trinajstić information content (AvgIpc) is 2.44. The number of rotatable bonds is 4. The van der Waals surface area contributed by atoms with Gasteiger partial charge >= 0.3 is 0 Å². The highest BCUT2D eigenvalue weighted by molar-refractivity contribution is 5.24. The van der Waals surface area contributed by atoms with Crippen LogP contribution in [0.4, 0.5) is 13.2 Å². The Labute approximate surface area is 114 Å².